The second-order valence-corrected chi connectivity index (χ2v) is 9.92. The third-order valence-electron chi connectivity index (χ3n) is 9.48. The average Bonchev–Trinajstić information content (AvgIpc) is 2.96. The summed E-state index contributed by atoms with van der Waals surface area (Å²) in [5.41, 5.74) is 1.78. The summed E-state index contributed by atoms with van der Waals surface area (Å²) in [6.07, 6.45) is 10.8. The maximum absolute atomic E-state index is 12.3. The molecule has 0 heterocycles. The number of ether oxygens (including phenoxy) is 1. The number of carbonyl (C=O) groups excluding carboxylic acids is 1. The zero-order valence-electron chi connectivity index (χ0n) is 14.4. The molecule has 2 heteroatoms. The SMILES string of the molecule is COC(=O)[C@H]1CCC[C@]2(C)[C@@H]3C[C@@H]4[C@@H]5CC3(CC[C@@H]12)C[C@@]45C. The van der Waals surface area contributed by atoms with Crippen LogP contribution in [-0.2, 0) is 9.53 Å². The fourth-order valence-corrected chi connectivity index (χ4v) is 8.60. The van der Waals surface area contributed by atoms with Crippen LogP contribution >= 0.6 is 0 Å². The lowest BCUT2D eigenvalue weighted by Gasteiger charge is -2.63. The second-order valence-electron chi connectivity index (χ2n) is 9.92. The summed E-state index contributed by atoms with van der Waals surface area (Å²) >= 11 is 0. The first-order chi connectivity index (χ1) is 10.4. The molecule has 8 atom stereocenters. The van der Waals surface area contributed by atoms with E-state index in [9.17, 15) is 4.79 Å². The van der Waals surface area contributed by atoms with Crippen LogP contribution in [0.5, 0.6) is 0 Å². The molecule has 0 saturated heterocycles. The Balaban J connectivity index is 1.50. The first kappa shape index (κ1) is 13.9. The molecule has 1 spiro atoms. The zero-order valence-corrected chi connectivity index (χ0v) is 14.4. The van der Waals surface area contributed by atoms with Crippen molar-refractivity contribution in [3.63, 3.8) is 0 Å². The van der Waals surface area contributed by atoms with Crippen LogP contribution in [-0.4, -0.2) is 13.1 Å². The van der Waals surface area contributed by atoms with Gasteiger partial charge < -0.3 is 4.74 Å². The van der Waals surface area contributed by atoms with Gasteiger partial charge >= 0.3 is 5.97 Å². The van der Waals surface area contributed by atoms with Gasteiger partial charge in [-0.05, 0) is 84.9 Å². The van der Waals surface area contributed by atoms with Crippen LogP contribution in [0.1, 0.15) is 65.2 Å². The number of hydrogen-bond acceptors (Lipinski definition) is 2. The Labute approximate surface area is 134 Å². The summed E-state index contributed by atoms with van der Waals surface area (Å²) < 4.78 is 5.16. The number of esters is 1. The molecule has 0 amide bonds. The highest BCUT2D eigenvalue weighted by atomic mass is 16.5. The van der Waals surface area contributed by atoms with Gasteiger partial charge in [0.15, 0.2) is 0 Å². The number of rotatable bonds is 1. The van der Waals surface area contributed by atoms with E-state index in [1.54, 1.807) is 7.11 Å². The zero-order chi connectivity index (χ0) is 15.3. The smallest absolute Gasteiger partial charge is 0.308 e. The molecule has 0 aromatic heterocycles. The van der Waals surface area contributed by atoms with Gasteiger partial charge in [-0.1, -0.05) is 20.3 Å². The van der Waals surface area contributed by atoms with E-state index >= 15 is 0 Å². The van der Waals surface area contributed by atoms with Gasteiger partial charge in [0, 0.05) is 0 Å². The van der Waals surface area contributed by atoms with Gasteiger partial charge in [0.2, 0.25) is 0 Å². The Hall–Kier alpha value is -0.530. The Morgan fingerprint density at radius 2 is 1.86 bits per heavy atom. The molecule has 6 rings (SSSR count). The van der Waals surface area contributed by atoms with Crippen LogP contribution in [0.4, 0.5) is 0 Å². The molecule has 0 radical (unpaired) electrons. The van der Waals surface area contributed by atoms with E-state index in [-0.39, 0.29) is 11.9 Å². The quantitative estimate of drug-likeness (QED) is 0.670. The molecule has 0 aliphatic heterocycles. The lowest BCUT2D eigenvalue weighted by atomic mass is 9.42. The van der Waals surface area contributed by atoms with Crippen molar-refractivity contribution in [2.45, 2.75) is 65.2 Å². The molecular formula is C20H30O2. The lowest BCUT2D eigenvalue weighted by molar-refractivity contribution is -0.170. The van der Waals surface area contributed by atoms with E-state index in [0.29, 0.717) is 16.7 Å². The minimum atomic E-state index is 0.0745. The number of fused-ring (bicyclic) bond motifs is 1. The van der Waals surface area contributed by atoms with E-state index in [1.807, 2.05) is 0 Å². The Bertz CT molecular complexity index is 542. The third kappa shape index (κ3) is 1.38. The molecule has 6 aliphatic rings. The molecule has 4 bridgehead atoms. The number of carbonyl (C=O) groups is 1. The third-order valence-corrected chi connectivity index (χ3v) is 9.48. The van der Waals surface area contributed by atoms with Gasteiger partial charge in [-0.15, -0.1) is 0 Å². The monoisotopic (exact) mass is 302 g/mol. The molecule has 0 aromatic carbocycles. The highest BCUT2D eigenvalue weighted by molar-refractivity contribution is 5.73. The minimum Gasteiger partial charge on any atom is -0.469 e. The van der Waals surface area contributed by atoms with Crippen LogP contribution in [0.3, 0.4) is 0 Å². The molecule has 2 nitrogen and oxygen atoms in total. The highest BCUT2D eigenvalue weighted by Crippen LogP contribution is 2.85. The van der Waals surface area contributed by atoms with Crippen molar-refractivity contribution in [1.29, 1.82) is 0 Å². The van der Waals surface area contributed by atoms with Crippen LogP contribution in [0.2, 0.25) is 0 Å². The van der Waals surface area contributed by atoms with Crippen LogP contribution in [0, 0.1) is 45.8 Å². The fourth-order valence-electron chi connectivity index (χ4n) is 8.60. The largest absolute Gasteiger partial charge is 0.469 e. The Morgan fingerprint density at radius 1 is 1.05 bits per heavy atom. The maximum Gasteiger partial charge on any atom is 0.308 e. The Kier molecular flexibility index (Phi) is 2.47. The molecule has 0 aromatic rings. The van der Waals surface area contributed by atoms with E-state index in [1.165, 1.54) is 44.9 Å². The number of hydrogen-bond donors (Lipinski definition) is 0. The standard InChI is InChI=1S/C20H30O2/c1-18-7-4-5-12(17(21)22-3)13(18)6-8-20-10-15-14(9-16(18)20)19(15,2)11-20/h12-16H,4-11H2,1-3H3/t12-,13-,14+,15-,16-,18-,19-,20?/m0/s1. The van der Waals surface area contributed by atoms with E-state index in [0.717, 1.165) is 29.6 Å². The minimum absolute atomic E-state index is 0.0745. The van der Waals surface area contributed by atoms with Crippen LogP contribution in [0.25, 0.3) is 0 Å². The molecule has 6 aliphatic carbocycles. The first-order valence-corrected chi connectivity index (χ1v) is 9.52. The second kappa shape index (κ2) is 3.92. The number of methoxy groups -OCH3 is 1. The van der Waals surface area contributed by atoms with Gasteiger partial charge in [0.05, 0.1) is 13.0 Å². The van der Waals surface area contributed by atoms with Crippen molar-refractivity contribution in [2.75, 3.05) is 7.11 Å². The summed E-state index contributed by atoms with van der Waals surface area (Å²) in [5.74, 6) is 3.82. The van der Waals surface area contributed by atoms with Gasteiger partial charge in [-0.2, -0.15) is 0 Å². The summed E-state index contributed by atoms with van der Waals surface area (Å²) in [6, 6.07) is 0. The summed E-state index contributed by atoms with van der Waals surface area (Å²) in [4.78, 5) is 12.3. The summed E-state index contributed by atoms with van der Waals surface area (Å²) in [7, 11) is 1.57. The predicted molar refractivity (Wildman–Crippen MR) is 85.0 cm³/mol. The van der Waals surface area contributed by atoms with Gasteiger partial charge in [-0.25, -0.2) is 0 Å². The first-order valence-electron chi connectivity index (χ1n) is 9.52. The summed E-state index contributed by atoms with van der Waals surface area (Å²) in [5, 5.41) is 0. The fraction of sp³-hybridized carbons (Fsp3) is 0.950. The molecule has 22 heavy (non-hydrogen) atoms. The molecule has 122 valence electrons. The van der Waals surface area contributed by atoms with E-state index in [4.69, 9.17) is 4.74 Å². The molecule has 0 N–H and O–H groups in total. The van der Waals surface area contributed by atoms with Crippen LogP contribution in [0.15, 0.2) is 0 Å². The Morgan fingerprint density at radius 3 is 2.55 bits per heavy atom. The van der Waals surface area contributed by atoms with Crippen molar-refractivity contribution in [2.24, 2.45) is 45.8 Å². The van der Waals surface area contributed by atoms with Crippen LogP contribution < -0.4 is 0 Å². The van der Waals surface area contributed by atoms with E-state index in [2.05, 4.69) is 13.8 Å². The predicted octanol–water partition coefficient (Wildman–Crippen LogP) is 4.43. The van der Waals surface area contributed by atoms with Crippen molar-refractivity contribution in [3.05, 3.63) is 0 Å². The van der Waals surface area contributed by atoms with Gasteiger partial charge in [0.25, 0.3) is 0 Å². The van der Waals surface area contributed by atoms with Gasteiger partial charge in [0.1, 0.15) is 0 Å². The topological polar surface area (TPSA) is 26.3 Å². The van der Waals surface area contributed by atoms with Crippen molar-refractivity contribution < 1.29 is 9.53 Å². The van der Waals surface area contributed by atoms with Crippen molar-refractivity contribution in [1.82, 2.24) is 0 Å². The summed E-state index contributed by atoms with van der Waals surface area (Å²) in [6.45, 7) is 5.12. The maximum atomic E-state index is 12.3. The average molecular weight is 302 g/mol. The van der Waals surface area contributed by atoms with Gasteiger partial charge in [-0.3, -0.25) is 4.79 Å². The lowest BCUT2D eigenvalue weighted by Crippen LogP contribution is -2.56. The van der Waals surface area contributed by atoms with E-state index < -0.39 is 0 Å². The van der Waals surface area contributed by atoms with Crippen molar-refractivity contribution in [3.8, 4) is 0 Å². The molecule has 6 saturated carbocycles. The highest BCUT2D eigenvalue weighted by Gasteiger charge is 2.78. The molecule has 6 fully saturated rings. The molecular weight excluding hydrogens is 272 g/mol. The normalized spacial score (nSPS) is 61.1. The molecule has 1 unspecified atom stereocenters. The van der Waals surface area contributed by atoms with Crippen molar-refractivity contribution >= 4 is 5.97 Å².